The number of aliphatic hydroxyl groups excluding tert-OH is 2. The summed E-state index contributed by atoms with van der Waals surface area (Å²) in [4.78, 5) is 14.4. The van der Waals surface area contributed by atoms with Crippen molar-refractivity contribution in [3.8, 4) is 0 Å². The monoisotopic (exact) mass is 875 g/mol. The largest absolute Gasteiger partial charge is 0.462 e. The Morgan fingerprint density at radius 2 is 1.63 bits per heavy atom. The normalized spacial score (nSPS) is 49.4. The van der Waals surface area contributed by atoms with Gasteiger partial charge in [0.15, 0.2) is 18.4 Å². The van der Waals surface area contributed by atoms with E-state index in [0.29, 0.717) is 61.5 Å². The van der Waals surface area contributed by atoms with Crippen LogP contribution in [0.2, 0.25) is 0 Å². The molecule has 20 atom stereocenters. The second-order valence-electron chi connectivity index (χ2n) is 19.4. The predicted octanol–water partition coefficient (Wildman–Crippen LogP) is 5.60. The summed E-state index contributed by atoms with van der Waals surface area (Å²) in [6.45, 7) is 16.3. The third-order valence-electron chi connectivity index (χ3n) is 14.9. The zero-order valence-electron chi connectivity index (χ0n) is 38.5. The van der Waals surface area contributed by atoms with E-state index >= 15 is 0 Å². The van der Waals surface area contributed by atoms with Crippen LogP contribution >= 0.6 is 0 Å². The molecule has 5 fully saturated rings. The zero-order chi connectivity index (χ0) is 44.7. The van der Waals surface area contributed by atoms with Crippen LogP contribution in [0.4, 0.5) is 0 Å². The van der Waals surface area contributed by atoms with E-state index < -0.39 is 90.8 Å². The molecule has 0 aromatic carbocycles. The predicted molar refractivity (Wildman–Crippen MR) is 227 cm³/mol. The standard InChI is InChI=1S/C48H74O14/c1-11-25(2)43-28(5)17-18-47(62-43)23-34-20-33(61-47)16-15-27(4)42(26(3)13-12-14-32-24-55-45-40(49)29(6)19-35(46(51)58-34)48(32,45)52)59-39-22-37(54-10)44(31(8)57-39)60-38-21-36(53-9)41(50)30(7)56-38/h12-15,19,25-26,28,30-31,33-45,49-50,52H,11,16-18,20-24H2,1-10H3/b13-12+,27-15+,32-14+/t25-,26-,28-,30-,31-,33+,34-,35-,36-,37-,38-,39-,40+,41-,42-,43+,44?,45+,47+,48+/m0/s1. The molecule has 62 heavy (non-hydrogen) atoms. The van der Waals surface area contributed by atoms with Gasteiger partial charge in [-0.25, -0.2) is 0 Å². The second kappa shape index (κ2) is 19.8. The van der Waals surface area contributed by atoms with E-state index in [1.54, 1.807) is 40.2 Å². The van der Waals surface area contributed by atoms with Gasteiger partial charge in [-0.15, -0.1) is 0 Å². The van der Waals surface area contributed by atoms with Crippen molar-refractivity contribution in [2.24, 2.45) is 23.7 Å². The molecule has 1 spiro atoms. The smallest absolute Gasteiger partial charge is 0.316 e. The number of hydrogen-bond donors (Lipinski definition) is 3. The fourth-order valence-corrected chi connectivity index (χ4v) is 11.0. The van der Waals surface area contributed by atoms with Crippen LogP contribution in [-0.4, -0.2) is 139 Å². The first-order chi connectivity index (χ1) is 29.5. The van der Waals surface area contributed by atoms with Crippen LogP contribution in [-0.2, 0) is 52.2 Å². The van der Waals surface area contributed by atoms with Gasteiger partial charge in [-0.2, -0.15) is 0 Å². The first-order valence-corrected chi connectivity index (χ1v) is 23.2. The van der Waals surface area contributed by atoms with Gasteiger partial charge in [0.25, 0.3) is 0 Å². The molecule has 6 aliphatic heterocycles. The molecule has 6 heterocycles. The number of fused-ring (bicyclic) bond motifs is 2. The number of carbonyl (C=O) groups is 1. The number of hydrogen-bond acceptors (Lipinski definition) is 14. The maximum absolute atomic E-state index is 14.4. The van der Waals surface area contributed by atoms with E-state index in [0.717, 1.165) is 18.4 Å². The molecule has 3 N–H and O–H groups in total. The molecule has 5 saturated heterocycles. The molecule has 0 radical (unpaired) electrons. The molecule has 2 bridgehead atoms. The van der Waals surface area contributed by atoms with Crippen molar-refractivity contribution < 1.29 is 67.5 Å². The molecule has 0 aromatic rings. The highest BCUT2D eigenvalue weighted by Gasteiger charge is 2.60. The highest BCUT2D eigenvalue weighted by Crippen LogP contribution is 2.48. The number of ether oxygens (including phenoxy) is 10. The minimum Gasteiger partial charge on any atom is -0.462 e. The molecule has 1 aliphatic carbocycles. The lowest BCUT2D eigenvalue weighted by Gasteiger charge is -2.51. The van der Waals surface area contributed by atoms with Gasteiger partial charge >= 0.3 is 5.97 Å². The fourth-order valence-electron chi connectivity index (χ4n) is 11.0. The number of esters is 1. The van der Waals surface area contributed by atoms with Gasteiger partial charge in [0.1, 0.15) is 42.0 Å². The van der Waals surface area contributed by atoms with E-state index in [2.05, 4.69) is 40.7 Å². The molecule has 0 saturated carbocycles. The molecular formula is C48H74O14. The van der Waals surface area contributed by atoms with E-state index in [-0.39, 0.29) is 30.8 Å². The van der Waals surface area contributed by atoms with Gasteiger partial charge in [0, 0.05) is 52.2 Å². The number of allylic oxidation sites excluding steroid dienone is 2. The quantitative estimate of drug-likeness (QED) is 0.204. The number of carbonyl (C=O) groups excluding carboxylic acids is 1. The molecule has 7 aliphatic rings. The summed E-state index contributed by atoms with van der Waals surface area (Å²) in [6, 6.07) is 0. The van der Waals surface area contributed by atoms with Crippen LogP contribution in [0.1, 0.15) is 107 Å². The van der Waals surface area contributed by atoms with E-state index in [1.165, 1.54) is 0 Å². The summed E-state index contributed by atoms with van der Waals surface area (Å²) < 4.78 is 63.9. The van der Waals surface area contributed by atoms with Crippen molar-refractivity contribution in [2.45, 2.75) is 204 Å². The van der Waals surface area contributed by atoms with Crippen LogP contribution in [0.5, 0.6) is 0 Å². The molecular weight excluding hydrogens is 801 g/mol. The SMILES string of the molecule is CC[C@H](C)[C@H]1O[C@]2(CC[C@@H]1C)C[C@@H]1C[C@@H](C/C=C(\C)[C@@H](O[C@H]3C[C@H](OC)C(O[C@H]4C[C@H](OC)[C@@H](O)[C@H](C)O4)[C@H](C)O3)[C@@H](C)/C=C/C=C3\CO[C@@H]4[C@H](O)C(C)=C[C@@H](C(=O)O1)[C@]34O)O2. The molecule has 14 heteroatoms. The Kier molecular flexibility index (Phi) is 15.3. The van der Waals surface area contributed by atoms with E-state index in [4.69, 9.17) is 47.4 Å². The van der Waals surface area contributed by atoms with Gasteiger partial charge in [-0.05, 0) is 69.1 Å². The minimum absolute atomic E-state index is 0.00708. The molecule has 14 nitrogen and oxygen atoms in total. The number of aliphatic hydroxyl groups is 3. The van der Waals surface area contributed by atoms with Crippen molar-refractivity contribution in [3.63, 3.8) is 0 Å². The summed E-state index contributed by atoms with van der Waals surface area (Å²) >= 11 is 0. The van der Waals surface area contributed by atoms with Gasteiger partial charge in [-0.1, -0.05) is 64.5 Å². The Morgan fingerprint density at radius 3 is 2.35 bits per heavy atom. The maximum Gasteiger partial charge on any atom is 0.316 e. The molecule has 350 valence electrons. The third-order valence-corrected chi connectivity index (χ3v) is 14.9. The summed E-state index contributed by atoms with van der Waals surface area (Å²) in [7, 11) is 3.23. The molecule has 0 aromatic heterocycles. The Labute approximate surface area is 368 Å². The van der Waals surface area contributed by atoms with Crippen molar-refractivity contribution in [3.05, 3.63) is 47.1 Å². The maximum atomic E-state index is 14.4. The van der Waals surface area contributed by atoms with Gasteiger partial charge in [0.2, 0.25) is 0 Å². The number of methoxy groups -OCH3 is 2. The summed E-state index contributed by atoms with van der Waals surface area (Å²) in [5.74, 6) is -2.10. The van der Waals surface area contributed by atoms with Crippen LogP contribution in [0.15, 0.2) is 47.1 Å². The average Bonchev–Trinajstić information content (AvgIpc) is 3.58. The summed E-state index contributed by atoms with van der Waals surface area (Å²) in [5.41, 5.74) is 0.188. The van der Waals surface area contributed by atoms with E-state index in [9.17, 15) is 20.1 Å². The van der Waals surface area contributed by atoms with Crippen LogP contribution in [0.25, 0.3) is 0 Å². The van der Waals surface area contributed by atoms with Gasteiger partial charge < -0.3 is 62.7 Å². The third kappa shape index (κ3) is 9.73. The molecule has 7 rings (SSSR count). The Hall–Kier alpha value is -2.05. The topological polar surface area (TPSA) is 170 Å². The van der Waals surface area contributed by atoms with Crippen molar-refractivity contribution in [1.82, 2.24) is 0 Å². The second-order valence-corrected chi connectivity index (χ2v) is 19.4. The lowest BCUT2D eigenvalue weighted by Crippen LogP contribution is -2.58. The zero-order valence-corrected chi connectivity index (χ0v) is 38.5. The Bertz CT molecular complexity index is 1680. The number of rotatable bonds is 8. The Balaban J connectivity index is 1.18. The molecule has 1 unspecified atom stereocenters. The summed E-state index contributed by atoms with van der Waals surface area (Å²) in [6.07, 6.45) is 6.53. The first kappa shape index (κ1) is 47.9. The average molecular weight is 875 g/mol. The fraction of sp³-hybridized carbons (Fsp3) is 0.812. The minimum atomic E-state index is -1.82. The lowest BCUT2D eigenvalue weighted by atomic mass is 9.71. The van der Waals surface area contributed by atoms with Crippen LogP contribution in [0.3, 0.4) is 0 Å². The first-order valence-electron chi connectivity index (χ1n) is 23.2. The van der Waals surface area contributed by atoms with Gasteiger partial charge in [-0.3, -0.25) is 4.79 Å². The molecule has 0 amide bonds. The van der Waals surface area contributed by atoms with Crippen molar-refractivity contribution in [1.29, 1.82) is 0 Å². The van der Waals surface area contributed by atoms with Crippen LogP contribution < -0.4 is 0 Å². The highest BCUT2D eigenvalue weighted by atomic mass is 16.7. The Morgan fingerprint density at radius 1 is 0.919 bits per heavy atom. The van der Waals surface area contributed by atoms with Crippen molar-refractivity contribution >= 4 is 5.97 Å². The van der Waals surface area contributed by atoms with Crippen LogP contribution in [0, 0.1) is 23.7 Å². The summed E-state index contributed by atoms with van der Waals surface area (Å²) in [5, 5.41) is 34.2. The lowest BCUT2D eigenvalue weighted by molar-refractivity contribution is -0.340. The van der Waals surface area contributed by atoms with Crippen molar-refractivity contribution in [2.75, 3.05) is 20.8 Å². The van der Waals surface area contributed by atoms with Gasteiger partial charge in [0.05, 0.1) is 49.3 Å². The highest BCUT2D eigenvalue weighted by molar-refractivity contribution is 5.78. The van der Waals surface area contributed by atoms with E-state index in [1.807, 2.05) is 19.1 Å².